The van der Waals surface area contributed by atoms with Crippen LogP contribution in [-0.2, 0) is 10.0 Å². The van der Waals surface area contributed by atoms with Gasteiger partial charge in [-0.1, -0.05) is 0 Å². The minimum Gasteiger partial charge on any atom is -0.497 e. The maximum absolute atomic E-state index is 11.3. The topological polar surface area (TPSA) is 68.5 Å². The quantitative estimate of drug-likeness (QED) is 0.923. The van der Waals surface area contributed by atoms with E-state index in [2.05, 4.69) is 4.72 Å². The van der Waals surface area contributed by atoms with Crippen LogP contribution in [-0.4, -0.2) is 21.8 Å². The van der Waals surface area contributed by atoms with Gasteiger partial charge < -0.3 is 9.15 Å². The van der Waals surface area contributed by atoms with E-state index in [1.54, 1.807) is 37.4 Å². The second-order valence-corrected chi connectivity index (χ2v) is 5.51. The van der Waals surface area contributed by atoms with Gasteiger partial charge in [-0.25, -0.2) is 8.42 Å². The lowest BCUT2D eigenvalue weighted by atomic mass is 10.1. The number of sulfonamides is 1. The van der Waals surface area contributed by atoms with Crippen LogP contribution in [0.4, 0.5) is 5.69 Å². The molecule has 18 heavy (non-hydrogen) atoms. The summed E-state index contributed by atoms with van der Waals surface area (Å²) in [7, 11) is -1.80. The molecule has 0 saturated carbocycles. The number of nitrogens with one attached hydrogen (secondary N) is 1. The molecule has 0 saturated heterocycles. The van der Waals surface area contributed by atoms with Gasteiger partial charge in [-0.3, -0.25) is 4.72 Å². The van der Waals surface area contributed by atoms with Crippen LogP contribution in [0.3, 0.4) is 0 Å². The third-order valence-corrected chi connectivity index (χ3v) is 2.90. The van der Waals surface area contributed by atoms with Crippen LogP contribution in [0.15, 0.2) is 41.0 Å². The molecule has 5 nitrogen and oxygen atoms in total. The fourth-order valence-electron chi connectivity index (χ4n) is 1.57. The van der Waals surface area contributed by atoms with Gasteiger partial charge >= 0.3 is 0 Å². The number of furan rings is 1. The summed E-state index contributed by atoms with van der Waals surface area (Å²) < 4.78 is 35.5. The number of anilines is 1. The number of hydrogen-bond donors (Lipinski definition) is 1. The Hall–Kier alpha value is -1.95. The molecule has 6 heteroatoms. The van der Waals surface area contributed by atoms with E-state index in [1.807, 2.05) is 0 Å². The van der Waals surface area contributed by atoms with E-state index in [-0.39, 0.29) is 0 Å². The largest absolute Gasteiger partial charge is 0.497 e. The van der Waals surface area contributed by atoms with Gasteiger partial charge in [0.15, 0.2) is 0 Å². The zero-order valence-electron chi connectivity index (χ0n) is 10.0. The Morgan fingerprint density at radius 1 is 1.28 bits per heavy atom. The lowest BCUT2D eigenvalue weighted by Gasteiger charge is -2.10. The Morgan fingerprint density at radius 2 is 2.06 bits per heavy atom. The lowest BCUT2D eigenvalue weighted by molar-refractivity contribution is 0.415. The fraction of sp³-hybridized carbons (Fsp3) is 0.167. The summed E-state index contributed by atoms with van der Waals surface area (Å²) in [6.07, 6.45) is 2.63. The van der Waals surface area contributed by atoms with E-state index < -0.39 is 10.0 Å². The van der Waals surface area contributed by atoms with Crippen molar-refractivity contribution in [1.29, 1.82) is 0 Å². The van der Waals surface area contributed by atoms with E-state index in [0.717, 1.165) is 6.26 Å². The van der Waals surface area contributed by atoms with Crippen molar-refractivity contribution in [3.8, 4) is 17.1 Å². The fourth-order valence-corrected chi connectivity index (χ4v) is 2.15. The number of hydrogen-bond acceptors (Lipinski definition) is 4. The first-order valence-corrected chi connectivity index (χ1v) is 7.08. The van der Waals surface area contributed by atoms with Crippen LogP contribution < -0.4 is 9.46 Å². The monoisotopic (exact) mass is 267 g/mol. The van der Waals surface area contributed by atoms with Crippen LogP contribution in [0.2, 0.25) is 0 Å². The number of benzene rings is 1. The van der Waals surface area contributed by atoms with Gasteiger partial charge in [0.2, 0.25) is 10.0 Å². The molecule has 0 aliphatic carbocycles. The smallest absolute Gasteiger partial charge is 0.229 e. The minimum atomic E-state index is -3.34. The van der Waals surface area contributed by atoms with Gasteiger partial charge in [-0.2, -0.15) is 0 Å². The molecular formula is C12H13NO4S. The Bertz CT molecular complexity index is 632. The number of methoxy groups -OCH3 is 1. The highest BCUT2D eigenvalue weighted by molar-refractivity contribution is 7.92. The molecule has 1 aromatic carbocycles. The van der Waals surface area contributed by atoms with Crippen LogP contribution in [0.1, 0.15) is 0 Å². The van der Waals surface area contributed by atoms with Crippen LogP contribution in [0, 0.1) is 0 Å². The molecule has 0 fully saturated rings. The van der Waals surface area contributed by atoms with Gasteiger partial charge in [-0.15, -0.1) is 0 Å². The van der Waals surface area contributed by atoms with Crippen LogP contribution >= 0.6 is 0 Å². The molecule has 1 heterocycles. The maximum atomic E-state index is 11.3. The number of ether oxygens (including phenoxy) is 1. The zero-order chi connectivity index (χ0) is 13.2. The molecular weight excluding hydrogens is 254 g/mol. The zero-order valence-corrected chi connectivity index (χ0v) is 10.8. The van der Waals surface area contributed by atoms with Crippen molar-refractivity contribution in [2.24, 2.45) is 0 Å². The van der Waals surface area contributed by atoms with Crippen molar-refractivity contribution in [3.63, 3.8) is 0 Å². The summed E-state index contributed by atoms with van der Waals surface area (Å²) in [5.74, 6) is 1.19. The average molecular weight is 267 g/mol. The lowest BCUT2D eigenvalue weighted by Crippen LogP contribution is -2.10. The Labute approximate surface area is 105 Å². The second-order valence-electron chi connectivity index (χ2n) is 3.76. The first-order valence-electron chi connectivity index (χ1n) is 5.19. The molecule has 2 rings (SSSR count). The SMILES string of the molecule is COc1ccc(NS(C)(=O)=O)c(-c2ccco2)c1. The highest BCUT2D eigenvalue weighted by Crippen LogP contribution is 2.32. The average Bonchev–Trinajstić information content (AvgIpc) is 2.81. The highest BCUT2D eigenvalue weighted by atomic mass is 32.2. The van der Waals surface area contributed by atoms with Crippen molar-refractivity contribution in [2.75, 3.05) is 18.1 Å². The van der Waals surface area contributed by atoms with Crippen molar-refractivity contribution < 1.29 is 17.6 Å². The Kier molecular flexibility index (Phi) is 3.29. The standard InChI is InChI=1S/C12H13NO4S/c1-16-9-5-6-11(13-18(2,14)15)10(8-9)12-4-3-7-17-12/h3-8,13H,1-2H3. The molecule has 0 atom stereocenters. The predicted molar refractivity (Wildman–Crippen MR) is 69.2 cm³/mol. The molecule has 1 N–H and O–H groups in total. The summed E-state index contributed by atoms with van der Waals surface area (Å²) >= 11 is 0. The van der Waals surface area contributed by atoms with Gasteiger partial charge in [0, 0.05) is 5.56 Å². The minimum absolute atomic E-state index is 0.452. The van der Waals surface area contributed by atoms with Gasteiger partial charge in [0.1, 0.15) is 11.5 Å². The van der Waals surface area contributed by atoms with Crippen molar-refractivity contribution in [1.82, 2.24) is 0 Å². The molecule has 2 aromatic rings. The van der Waals surface area contributed by atoms with Gasteiger partial charge in [-0.05, 0) is 30.3 Å². The molecule has 1 aromatic heterocycles. The summed E-state index contributed by atoms with van der Waals surface area (Å²) in [6.45, 7) is 0. The van der Waals surface area contributed by atoms with E-state index in [1.165, 1.54) is 6.26 Å². The molecule has 0 bridgehead atoms. The van der Waals surface area contributed by atoms with Crippen LogP contribution in [0.25, 0.3) is 11.3 Å². The number of rotatable bonds is 4. The van der Waals surface area contributed by atoms with Crippen molar-refractivity contribution >= 4 is 15.7 Å². The maximum Gasteiger partial charge on any atom is 0.229 e. The van der Waals surface area contributed by atoms with Crippen molar-refractivity contribution in [2.45, 2.75) is 0 Å². The van der Waals surface area contributed by atoms with Crippen molar-refractivity contribution in [3.05, 3.63) is 36.6 Å². The molecule has 0 amide bonds. The summed E-state index contributed by atoms with van der Waals surface area (Å²) in [5.41, 5.74) is 1.08. The molecule has 0 aliphatic rings. The third-order valence-electron chi connectivity index (χ3n) is 2.31. The highest BCUT2D eigenvalue weighted by Gasteiger charge is 2.12. The first-order chi connectivity index (χ1) is 8.49. The summed E-state index contributed by atoms with van der Waals surface area (Å²) in [4.78, 5) is 0. The summed E-state index contributed by atoms with van der Waals surface area (Å²) in [5, 5.41) is 0. The Balaban J connectivity index is 2.52. The second kappa shape index (κ2) is 4.73. The predicted octanol–water partition coefficient (Wildman–Crippen LogP) is 2.33. The van der Waals surface area contributed by atoms with E-state index in [9.17, 15) is 8.42 Å². The third kappa shape index (κ3) is 2.84. The molecule has 0 aliphatic heterocycles. The van der Waals surface area contributed by atoms with Gasteiger partial charge in [0.05, 0.1) is 25.3 Å². The van der Waals surface area contributed by atoms with E-state index in [4.69, 9.17) is 9.15 Å². The molecule has 0 spiro atoms. The Morgan fingerprint density at radius 3 is 2.61 bits per heavy atom. The first kappa shape index (κ1) is 12.5. The van der Waals surface area contributed by atoms with E-state index >= 15 is 0 Å². The molecule has 0 unspecified atom stereocenters. The summed E-state index contributed by atoms with van der Waals surface area (Å²) in [6, 6.07) is 8.52. The normalized spacial score (nSPS) is 11.2. The van der Waals surface area contributed by atoms with E-state index in [0.29, 0.717) is 22.8 Å². The molecule has 0 radical (unpaired) electrons. The van der Waals surface area contributed by atoms with Crippen LogP contribution in [0.5, 0.6) is 5.75 Å². The van der Waals surface area contributed by atoms with Gasteiger partial charge in [0.25, 0.3) is 0 Å². The molecule has 96 valence electrons.